The molecule has 0 spiro atoms. The van der Waals surface area contributed by atoms with Crippen LogP contribution in [0.25, 0.3) is 22.7 Å². The second-order valence-corrected chi connectivity index (χ2v) is 4.41. The monoisotopic (exact) mass is 264 g/mol. The Hall–Kier alpha value is -2.88. The van der Waals surface area contributed by atoms with Crippen LogP contribution in [0.4, 0.5) is 0 Å². The zero-order valence-electron chi connectivity index (χ0n) is 10.6. The molecule has 20 heavy (non-hydrogen) atoms. The van der Waals surface area contributed by atoms with Crippen molar-refractivity contribution in [1.82, 2.24) is 4.57 Å². The van der Waals surface area contributed by atoms with E-state index in [-0.39, 0.29) is 0 Å². The van der Waals surface area contributed by atoms with Gasteiger partial charge in [0.15, 0.2) is 0 Å². The van der Waals surface area contributed by atoms with Crippen molar-refractivity contribution in [3.8, 4) is 5.69 Å². The van der Waals surface area contributed by atoms with Crippen LogP contribution in [-0.2, 0) is 0 Å². The highest BCUT2D eigenvalue weighted by molar-refractivity contribution is 5.90. The Morgan fingerprint density at radius 1 is 1.00 bits per heavy atom. The largest absolute Gasteiger partial charge is 0.316 e. The van der Waals surface area contributed by atoms with Crippen molar-refractivity contribution in [3.63, 3.8) is 0 Å². The summed E-state index contributed by atoms with van der Waals surface area (Å²) in [5.74, 6) is 0. The molecule has 0 fully saturated rings. The molecule has 0 amide bonds. The van der Waals surface area contributed by atoms with E-state index in [1.807, 2.05) is 65.4 Å². The quantitative estimate of drug-likeness (QED) is 0.532. The first-order valence-electron chi connectivity index (χ1n) is 6.23. The zero-order chi connectivity index (χ0) is 13.9. The summed E-state index contributed by atoms with van der Waals surface area (Å²) in [6, 6.07) is 17.8. The molecule has 0 saturated carbocycles. The summed E-state index contributed by atoms with van der Waals surface area (Å²) < 4.78 is 2.04. The highest BCUT2D eigenvalue weighted by atomic mass is 16.6. The van der Waals surface area contributed by atoms with Gasteiger partial charge in [-0.1, -0.05) is 36.4 Å². The Kier molecular flexibility index (Phi) is 3.05. The van der Waals surface area contributed by atoms with E-state index < -0.39 is 4.92 Å². The number of hydrogen-bond acceptors (Lipinski definition) is 2. The normalized spacial score (nSPS) is 11.2. The molecule has 1 heterocycles. The maximum atomic E-state index is 10.5. The van der Waals surface area contributed by atoms with Crippen molar-refractivity contribution >= 4 is 17.0 Å². The van der Waals surface area contributed by atoms with Gasteiger partial charge >= 0.3 is 0 Å². The van der Waals surface area contributed by atoms with E-state index in [2.05, 4.69) is 0 Å². The molecule has 0 bridgehead atoms. The lowest BCUT2D eigenvalue weighted by molar-refractivity contribution is -0.400. The van der Waals surface area contributed by atoms with Gasteiger partial charge in [0.2, 0.25) is 6.20 Å². The number of para-hydroxylation sites is 2. The first kappa shape index (κ1) is 12.2. The highest BCUT2D eigenvalue weighted by Gasteiger charge is 2.07. The van der Waals surface area contributed by atoms with Crippen molar-refractivity contribution in [2.45, 2.75) is 0 Å². The summed E-state index contributed by atoms with van der Waals surface area (Å²) in [7, 11) is 0. The molecule has 98 valence electrons. The van der Waals surface area contributed by atoms with E-state index in [1.54, 1.807) is 0 Å². The van der Waals surface area contributed by atoms with Gasteiger partial charge < -0.3 is 4.57 Å². The lowest BCUT2D eigenvalue weighted by atomic mass is 10.2. The molecule has 3 rings (SSSR count). The summed E-state index contributed by atoms with van der Waals surface area (Å²) in [4.78, 5) is 10.0. The fourth-order valence-corrected chi connectivity index (χ4v) is 2.28. The molecular weight excluding hydrogens is 252 g/mol. The van der Waals surface area contributed by atoms with Crippen LogP contribution in [0, 0.1) is 10.1 Å². The van der Waals surface area contributed by atoms with E-state index in [0.29, 0.717) is 0 Å². The van der Waals surface area contributed by atoms with Gasteiger partial charge in [-0.3, -0.25) is 10.1 Å². The van der Waals surface area contributed by atoms with Crippen LogP contribution in [0.5, 0.6) is 0 Å². The second kappa shape index (κ2) is 5.01. The van der Waals surface area contributed by atoms with Gasteiger partial charge in [-0.15, -0.1) is 0 Å². The third-order valence-electron chi connectivity index (χ3n) is 3.15. The number of hydrogen-bond donors (Lipinski definition) is 0. The Morgan fingerprint density at radius 2 is 1.70 bits per heavy atom. The summed E-state index contributed by atoms with van der Waals surface area (Å²) in [6.07, 6.45) is 4.42. The van der Waals surface area contributed by atoms with Crippen LogP contribution in [0.1, 0.15) is 5.56 Å². The van der Waals surface area contributed by atoms with Gasteiger partial charge in [-0.2, -0.15) is 0 Å². The molecular formula is C16H12N2O2. The number of rotatable bonds is 3. The van der Waals surface area contributed by atoms with E-state index in [0.717, 1.165) is 28.4 Å². The molecule has 1 aromatic heterocycles. The molecule has 4 nitrogen and oxygen atoms in total. The van der Waals surface area contributed by atoms with Crippen LogP contribution in [-0.4, -0.2) is 9.49 Å². The van der Waals surface area contributed by atoms with Crippen molar-refractivity contribution < 1.29 is 4.92 Å². The SMILES string of the molecule is O=[N+]([O-])/C=C/c1cn(-c2ccccc2)c2ccccc12. The van der Waals surface area contributed by atoms with Crippen molar-refractivity contribution in [3.05, 3.63) is 82.7 Å². The molecule has 0 saturated heterocycles. The lowest BCUT2D eigenvalue weighted by Gasteiger charge is -2.04. The number of fused-ring (bicyclic) bond motifs is 1. The molecule has 0 unspecified atom stereocenters. The molecule has 0 N–H and O–H groups in total. The second-order valence-electron chi connectivity index (χ2n) is 4.41. The topological polar surface area (TPSA) is 48.1 Å². The lowest BCUT2D eigenvalue weighted by Crippen LogP contribution is -1.90. The summed E-state index contributed by atoms with van der Waals surface area (Å²) in [6.45, 7) is 0. The first-order valence-corrected chi connectivity index (χ1v) is 6.23. The molecule has 4 heteroatoms. The molecule has 2 aromatic carbocycles. The van der Waals surface area contributed by atoms with Crippen LogP contribution in [0.15, 0.2) is 67.0 Å². The Morgan fingerprint density at radius 3 is 2.45 bits per heavy atom. The maximum Gasteiger partial charge on any atom is 0.235 e. The van der Waals surface area contributed by atoms with E-state index in [4.69, 9.17) is 0 Å². The third-order valence-corrected chi connectivity index (χ3v) is 3.15. The average molecular weight is 264 g/mol. The highest BCUT2D eigenvalue weighted by Crippen LogP contribution is 2.25. The van der Waals surface area contributed by atoms with Crippen LogP contribution < -0.4 is 0 Å². The molecule has 0 atom stereocenters. The van der Waals surface area contributed by atoms with Crippen molar-refractivity contribution in [2.75, 3.05) is 0 Å². The summed E-state index contributed by atoms with van der Waals surface area (Å²) in [5, 5.41) is 11.5. The Bertz CT molecular complexity index is 789. The predicted octanol–water partition coefficient (Wildman–Crippen LogP) is 3.88. The minimum atomic E-state index is -0.450. The van der Waals surface area contributed by atoms with Crippen LogP contribution in [0.3, 0.4) is 0 Å². The Balaban J connectivity index is 2.21. The Labute approximate surface area is 115 Å². The summed E-state index contributed by atoms with van der Waals surface area (Å²) in [5.41, 5.74) is 2.90. The summed E-state index contributed by atoms with van der Waals surface area (Å²) >= 11 is 0. The van der Waals surface area contributed by atoms with Crippen LogP contribution in [0.2, 0.25) is 0 Å². The van der Waals surface area contributed by atoms with Crippen molar-refractivity contribution in [2.24, 2.45) is 0 Å². The standard InChI is InChI=1S/C16H12N2O2/c19-18(20)11-10-13-12-17(14-6-2-1-3-7-14)16-9-5-4-8-15(13)16/h1-12H/b11-10+. The average Bonchev–Trinajstić information content (AvgIpc) is 2.85. The fourth-order valence-electron chi connectivity index (χ4n) is 2.28. The predicted molar refractivity (Wildman–Crippen MR) is 79.3 cm³/mol. The molecule has 3 aromatic rings. The van der Waals surface area contributed by atoms with E-state index in [9.17, 15) is 10.1 Å². The number of aromatic nitrogens is 1. The molecule has 0 aliphatic heterocycles. The smallest absolute Gasteiger partial charge is 0.235 e. The molecule has 0 aliphatic carbocycles. The van der Waals surface area contributed by atoms with Gasteiger partial charge in [-0.05, 0) is 18.2 Å². The van der Waals surface area contributed by atoms with E-state index in [1.165, 1.54) is 6.08 Å². The molecule has 0 radical (unpaired) electrons. The van der Waals surface area contributed by atoms with Gasteiger partial charge in [0.1, 0.15) is 0 Å². The number of nitro groups is 1. The third kappa shape index (κ3) is 2.19. The van der Waals surface area contributed by atoms with Gasteiger partial charge in [0.05, 0.1) is 10.4 Å². The minimum absolute atomic E-state index is 0.450. The van der Waals surface area contributed by atoms with E-state index >= 15 is 0 Å². The maximum absolute atomic E-state index is 10.5. The minimum Gasteiger partial charge on any atom is -0.316 e. The van der Waals surface area contributed by atoms with Gasteiger partial charge in [0, 0.05) is 28.9 Å². The van der Waals surface area contributed by atoms with Gasteiger partial charge in [-0.25, -0.2) is 0 Å². The molecule has 0 aliphatic rings. The fraction of sp³-hybridized carbons (Fsp3) is 0. The van der Waals surface area contributed by atoms with Crippen LogP contribution >= 0.6 is 0 Å². The zero-order valence-corrected chi connectivity index (χ0v) is 10.6. The first-order chi connectivity index (χ1) is 9.75. The number of benzene rings is 2. The number of nitrogens with zero attached hydrogens (tertiary/aromatic N) is 2. The van der Waals surface area contributed by atoms with Crippen molar-refractivity contribution in [1.29, 1.82) is 0 Å². The van der Waals surface area contributed by atoms with Gasteiger partial charge in [0.25, 0.3) is 0 Å².